The third kappa shape index (κ3) is 4.04. The van der Waals surface area contributed by atoms with Crippen molar-refractivity contribution >= 4 is 61.8 Å². The largest absolute Gasteiger partial charge is 0.330 e. The summed E-state index contributed by atoms with van der Waals surface area (Å²) < 4.78 is 2.15. The van der Waals surface area contributed by atoms with Crippen molar-refractivity contribution in [2.45, 2.75) is 30.4 Å². The highest BCUT2D eigenvalue weighted by Crippen LogP contribution is 2.31. The number of aryl methyl sites for hydroxylation is 1. The predicted octanol–water partition coefficient (Wildman–Crippen LogP) is 4.56. The molecule has 0 spiro atoms. The van der Waals surface area contributed by atoms with Gasteiger partial charge >= 0.3 is 0 Å². The first-order valence-corrected chi connectivity index (χ1v) is 11.4. The normalized spacial score (nSPS) is 11.2. The zero-order valence-corrected chi connectivity index (χ0v) is 18.2. The number of benzene rings is 1. The van der Waals surface area contributed by atoms with Gasteiger partial charge in [0.2, 0.25) is 10.1 Å². The van der Waals surface area contributed by atoms with Gasteiger partial charge in [-0.15, -0.1) is 10.2 Å². The first kappa shape index (κ1) is 19.3. The lowest BCUT2D eigenvalue weighted by molar-refractivity contribution is 0.852. The van der Waals surface area contributed by atoms with Crippen LogP contribution in [0.5, 0.6) is 0 Å². The third-order valence-corrected chi connectivity index (χ3v) is 7.37. The van der Waals surface area contributed by atoms with E-state index in [-0.39, 0.29) is 5.56 Å². The van der Waals surface area contributed by atoms with Crippen LogP contribution >= 0.6 is 46.0 Å². The van der Waals surface area contributed by atoms with E-state index in [4.69, 9.17) is 11.6 Å². The van der Waals surface area contributed by atoms with Crippen molar-refractivity contribution in [2.24, 2.45) is 0 Å². The second-order valence-electron chi connectivity index (χ2n) is 5.83. The summed E-state index contributed by atoms with van der Waals surface area (Å²) in [5, 5.41) is 18.2. The van der Waals surface area contributed by atoms with E-state index in [2.05, 4.69) is 25.6 Å². The molecule has 0 saturated carbocycles. The van der Waals surface area contributed by atoms with Crippen LogP contribution in [0.15, 0.2) is 33.4 Å². The summed E-state index contributed by atoms with van der Waals surface area (Å²) in [6.07, 6.45) is 0.782. The van der Waals surface area contributed by atoms with Crippen LogP contribution in [-0.2, 0) is 12.2 Å². The van der Waals surface area contributed by atoms with Gasteiger partial charge in [0.05, 0.1) is 5.69 Å². The zero-order chi connectivity index (χ0) is 19.7. The van der Waals surface area contributed by atoms with Crippen molar-refractivity contribution in [3.63, 3.8) is 0 Å². The fourth-order valence-electron chi connectivity index (χ4n) is 2.43. The molecule has 0 amide bonds. The molecule has 0 aliphatic rings. The van der Waals surface area contributed by atoms with Gasteiger partial charge in [0.25, 0.3) is 5.56 Å². The molecule has 0 radical (unpaired) electrons. The minimum atomic E-state index is -0.160. The molecule has 28 heavy (non-hydrogen) atoms. The molecule has 0 saturated heterocycles. The van der Waals surface area contributed by atoms with Gasteiger partial charge in [0, 0.05) is 22.5 Å². The lowest BCUT2D eigenvalue weighted by atomic mass is 10.2. The highest BCUT2D eigenvalue weighted by atomic mass is 35.5. The molecule has 1 aromatic carbocycles. The molecule has 0 atom stereocenters. The Morgan fingerprint density at radius 2 is 2.14 bits per heavy atom. The Bertz CT molecular complexity index is 1200. The Morgan fingerprint density at radius 3 is 2.96 bits per heavy atom. The monoisotopic (exact) mass is 450 g/mol. The van der Waals surface area contributed by atoms with Crippen LogP contribution in [0, 0.1) is 6.92 Å². The minimum Gasteiger partial charge on any atom is -0.330 e. The first-order chi connectivity index (χ1) is 13.5. The van der Waals surface area contributed by atoms with Gasteiger partial charge in [-0.3, -0.25) is 4.79 Å². The van der Waals surface area contributed by atoms with Crippen molar-refractivity contribution in [1.82, 2.24) is 24.8 Å². The Morgan fingerprint density at radius 1 is 1.29 bits per heavy atom. The second kappa shape index (κ2) is 8.16. The topological polar surface area (TPSA) is 85.1 Å². The van der Waals surface area contributed by atoms with Gasteiger partial charge in [0.15, 0.2) is 4.34 Å². The molecule has 3 heterocycles. The number of rotatable bonds is 6. The van der Waals surface area contributed by atoms with E-state index in [0.717, 1.165) is 27.0 Å². The van der Waals surface area contributed by atoms with Crippen LogP contribution in [-0.4, -0.2) is 24.8 Å². The lowest BCUT2D eigenvalue weighted by Crippen LogP contribution is -2.15. The third-order valence-electron chi connectivity index (χ3n) is 3.90. The standard InChI is InChI=1S/C17H15ClN6OS3/c1-3-13-23-24-14(25)7-10(19-16(24)27-13)8-26-17-22-21-15(28-17)20-12-6-4-5-11(18)9(12)2/h4-7H,3,8H2,1-2H3,(H,20,21). The van der Waals surface area contributed by atoms with E-state index in [0.29, 0.717) is 26.6 Å². The summed E-state index contributed by atoms with van der Waals surface area (Å²) >= 11 is 10.5. The Hall–Kier alpha value is -2.01. The maximum absolute atomic E-state index is 12.2. The van der Waals surface area contributed by atoms with Gasteiger partial charge in [-0.25, -0.2) is 4.98 Å². The van der Waals surface area contributed by atoms with E-state index >= 15 is 0 Å². The SMILES string of the molecule is CCc1nn2c(=O)cc(CSc3nnc(Nc4cccc(Cl)c4C)s3)nc2s1. The maximum Gasteiger partial charge on any atom is 0.275 e. The van der Waals surface area contributed by atoms with Crippen LogP contribution in [0.3, 0.4) is 0 Å². The molecule has 11 heteroatoms. The molecule has 4 aromatic rings. The number of anilines is 2. The van der Waals surface area contributed by atoms with Gasteiger partial charge < -0.3 is 5.32 Å². The molecule has 7 nitrogen and oxygen atoms in total. The number of nitrogens with one attached hydrogen (secondary N) is 1. The van der Waals surface area contributed by atoms with E-state index in [1.165, 1.54) is 45.0 Å². The summed E-state index contributed by atoms with van der Waals surface area (Å²) in [5.41, 5.74) is 2.41. The minimum absolute atomic E-state index is 0.160. The molecular weight excluding hydrogens is 436 g/mol. The number of nitrogens with zero attached hydrogens (tertiary/aromatic N) is 5. The highest BCUT2D eigenvalue weighted by molar-refractivity contribution is 8.00. The predicted molar refractivity (Wildman–Crippen MR) is 115 cm³/mol. The number of hydrogen-bond donors (Lipinski definition) is 1. The molecule has 0 aliphatic carbocycles. The Balaban J connectivity index is 1.46. The summed E-state index contributed by atoms with van der Waals surface area (Å²) in [4.78, 5) is 17.4. The maximum atomic E-state index is 12.2. The van der Waals surface area contributed by atoms with Crippen molar-refractivity contribution in [1.29, 1.82) is 0 Å². The van der Waals surface area contributed by atoms with E-state index in [9.17, 15) is 4.79 Å². The van der Waals surface area contributed by atoms with Crippen molar-refractivity contribution in [3.05, 3.63) is 55.9 Å². The number of thioether (sulfide) groups is 1. The van der Waals surface area contributed by atoms with Crippen LogP contribution in [0.1, 0.15) is 23.2 Å². The van der Waals surface area contributed by atoms with E-state index in [1.54, 1.807) is 0 Å². The molecule has 4 rings (SSSR count). The van der Waals surface area contributed by atoms with Crippen LogP contribution < -0.4 is 10.9 Å². The molecule has 0 fully saturated rings. The van der Waals surface area contributed by atoms with Crippen LogP contribution in [0.4, 0.5) is 10.8 Å². The summed E-state index contributed by atoms with van der Waals surface area (Å²) in [6.45, 7) is 3.95. The number of halogens is 1. The second-order valence-corrected chi connectivity index (χ2v) is 9.48. The van der Waals surface area contributed by atoms with E-state index < -0.39 is 0 Å². The molecule has 144 valence electrons. The van der Waals surface area contributed by atoms with Gasteiger partial charge in [-0.05, 0) is 31.0 Å². The summed E-state index contributed by atoms with van der Waals surface area (Å²) in [5.74, 6) is 0.538. The summed E-state index contributed by atoms with van der Waals surface area (Å²) in [6, 6.07) is 7.21. The average Bonchev–Trinajstić information content (AvgIpc) is 3.30. The lowest BCUT2D eigenvalue weighted by Gasteiger charge is -2.06. The Kier molecular flexibility index (Phi) is 5.63. The quantitative estimate of drug-likeness (QED) is 0.431. The molecule has 0 unspecified atom stereocenters. The average molecular weight is 451 g/mol. The van der Waals surface area contributed by atoms with Crippen LogP contribution in [0.25, 0.3) is 4.96 Å². The molecule has 1 N–H and O–H groups in total. The Labute approximate surface area is 177 Å². The fourth-order valence-corrected chi connectivity index (χ4v) is 5.11. The van der Waals surface area contributed by atoms with E-state index in [1.807, 2.05) is 32.0 Å². The zero-order valence-electron chi connectivity index (χ0n) is 15.0. The number of aromatic nitrogens is 5. The fraction of sp³-hybridized carbons (Fsp3) is 0.235. The molecule has 0 aliphatic heterocycles. The van der Waals surface area contributed by atoms with Gasteiger partial charge in [-0.1, -0.05) is 59.0 Å². The summed E-state index contributed by atoms with van der Waals surface area (Å²) in [7, 11) is 0. The van der Waals surface area contributed by atoms with Gasteiger partial charge in [-0.2, -0.15) is 9.61 Å². The van der Waals surface area contributed by atoms with Crippen LogP contribution in [0.2, 0.25) is 5.02 Å². The van der Waals surface area contributed by atoms with Gasteiger partial charge in [0.1, 0.15) is 5.01 Å². The number of hydrogen-bond acceptors (Lipinski definition) is 9. The molecule has 3 aromatic heterocycles. The highest BCUT2D eigenvalue weighted by Gasteiger charge is 2.11. The molecule has 0 bridgehead atoms. The van der Waals surface area contributed by atoms with Crippen molar-refractivity contribution < 1.29 is 0 Å². The number of fused-ring (bicyclic) bond motifs is 1. The smallest absolute Gasteiger partial charge is 0.275 e. The van der Waals surface area contributed by atoms with Crippen molar-refractivity contribution in [3.8, 4) is 0 Å². The first-order valence-electron chi connectivity index (χ1n) is 8.40. The molecular formula is C17H15ClN6OS3. The van der Waals surface area contributed by atoms with Crippen molar-refractivity contribution in [2.75, 3.05) is 5.32 Å².